The van der Waals surface area contributed by atoms with Gasteiger partial charge < -0.3 is 0 Å². The Hall–Kier alpha value is -0.00260. The first-order valence-corrected chi connectivity index (χ1v) is 39.7. The number of fused-ring (bicyclic) bond motifs is 2. The van der Waals surface area contributed by atoms with Crippen molar-refractivity contribution in [2.75, 3.05) is 0 Å². The van der Waals surface area contributed by atoms with E-state index >= 15 is 8.78 Å². The summed E-state index contributed by atoms with van der Waals surface area (Å²) < 4.78 is 36.7. The summed E-state index contributed by atoms with van der Waals surface area (Å²) >= 11 is 2.31. The molecule has 0 spiro atoms. The van der Waals surface area contributed by atoms with Gasteiger partial charge in [-0.3, -0.25) is 0 Å². The number of hydrogen-bond acceptors (Lipinski definition) is 4. The number of aryl methyl sites for hydroxylation is 2. The van der Waals surface area contributed by atoms with Crippen LogP contribution in [0.25, 0.3) is 41.1 Å². The quantitative estimate of drug-likeness (QED) is 0.0770. The summed E-state index contributed by atoms with van der Waals surface area (Å²) in [5, 5.41) is 2.52. The zero-order chi connectivity index (χ0) is 31.8. The van der Waals surface area contributed by atoms with E-state index < -0.39 is 36.8 Å². The summed E-state index contributed by atoms with van der Waals surface area (Å²) in [4.78, 5) is 18.8. The van der Waals surface area contributed by atoms with Gasteiger partial charge in [-0.15, -0.1) is 0 Å². The molecule has 0 amide bonds. The molecule has 5 rings (SSSR count). The topological polar surface area (TPSA) is 0 Å². The minimum absolute atomic E-state index is 0.0443. The Bertz CT molecular complexity index is 1560. The number of rotatable bonds is 14. The molecule has 4 aromatic heterocycles. The van der Waals surface area contributed by atoms with Crippen molar-refractivity contribution in [1.82, 2.24) is 0 Å². The van der Waals surface area contributed by atoms with E-state index in [2.05, 4.69) is 55.6 Å². The third-order valence-electron chi connectivity index (χ3n) is 8.46. The molecule has 0 fully saturated rings. The van der Waals surface area contributed by atoms with Crippen LogP contribution in [0.5, 0.6) is 0 Å². The Labute approximate surface area is 288 Å². The average Bonchev–Trinajstić information content (AvgIpc) is 3.73. The Kier molecular flexibility index (Phi) is 11.7. The maximum atomic E-state index is 15.5. The Morgan fingerprint density at radius 1 is 0.523 bits per heavy atom. The second-order valence-electron chi connectivity index (χ2n) is 14.3. The first kappa shape index (κ1) is 35.3. The summed E-state index contributed by atoms with van der Waals surface area (Å²) in [6.07, 6.45) is 10.8. The van der Waals surface area contributed by atoms with Gasteiger partial charge in [0.15, 0.2) is 0 Å². The number of halogens is 2. The fraction of sp³-hybridized carbons (Fsp3) is 0.500. The molecule has 4 heterocycles. The van der Waals surface area contributed by atoms with Crippen LogP contribution in [0.4, 0.5) is 8.78 Å². The van der Waals surface area contributed by atoms with E-state index in [1.807, 2.05) is 34.8 Å². The second-order valence-corrected chi connectivity index (χ2v) is 49.5. The van der Waals surface area contributed by atoms with Gasteiger partial charge in [-0.05, 0) is 0 Å². The fourth-order valence-corrected chi connectivity index (χ4v) is 21.1. The fourth-order valence-electron chi connectivity index (χ4n) is 5.82. The van der Waals surface area contributed by atoms with E-state index in [1.54, 1.807) is 22.7 Å². The van der Waals surface area contributed by atoms with Crippen LogP contribution >= 0.6 is 45.3 Å². The molecule has 0 radical (unpaired) electrons. The molecule has 44 heavy (non-hydrogen) atoms. The van der Waals surface area contributed by atoms with Crippen LogP contribution in [0.2, 0.25) is 29.6 Å². The molecule has 0 nitrogen and oxygen atoms in total. The molecule has 0 bridgehead atoms. The Morgan fingerprint density at radius 3 is 1.25 bits per heavy atom. The first-order valence-electron chi connectivity index (χ1n) is 16.4. The van der Waals surface area contributed by atoms with Crippen molar-refractivity contribution in [2.45, 2.75) is 108 Å². The van der Waals surface area contributed by atoms with E-state index in [9.17, 15) is 0 Å². The molecular weight excluding hydrogens is 836 g/mol. The molecule has 8 heteroatoms. The van der Waals surface area contributed by atoms with Crippen LogP contribution in [-0.2, 0) is 12.8 Å². The molecule has 0 aliphatic heterocycles. The predicted octanol–water partition coefficient (Wildman–Crippen LogP) is 13.2. The van der Waals surface area contributed by atoms with Crippen LogP contribution < -0.4 is 5.79 Å². The zero-order valence-corrected chi connectivity index (χ0v) is 36.7. The molecule has 0 aliphatic carbocycles. The molecule has 0 unspecified atom stereocenters. The van der Waals surface area contributed by atoms with Gasteiger partial charge in [-0.1, -0.05) is 13.8 Å². The second kappa shape index (κ2) is 14.6. The van der Waals surface area contributed by atoms with Gasteiger partial charge in [-0.2, -0.15) is 0 Å². The van der Waals surface area contributed by atoms with Crippen LogP contribution in [0, 0.1) is 11.6 Å². The predicted molar refractivity (Wildman–Crippen MR) is 205 cm³/mol. The van der Waals surface area contributed by atoms with Gasteiger partial charge >= 0.3 is 277 Å². The molecule has 1 aromatic carbocycles. The van der Waals surface area contributed by atoms with Crippen molar-refractivity contribution in [2.24, 2.45) is 0 Å². The molecule has 0 saturated carbocycles. The van der Waals surface area contributed by atoms with Gasteiger partial charge in [0, 0.05) is 0 Å². The molecule has 0 saturated heterocycles. The van der Waals surface area contributed by atoms with Gasteiger partial charge in [0.2, 0.25) is 0 Å². The van der Waals surface area contributed by atoms with E-state index in [1.165, 1.54) is 62.8 Å². The standard InChI is InChI=1S/C30H30F2S4.6CH3.2Sn/c1-3-5-7-9-11-23-21(31)17-25(35-23)27-19-13-15-34-30(19)28(20-14-16-33-29(20)27)26-18-22(32)24(36-26)12-10-8-6-4-2;;;;;;;;/h13-14,17-18H,3-12H2,1-2H3;6*1H3;;. The average molecular weight is 884 g/mol. The van der Waals surface area contributed by atoms with Crippen LogP contribution in [-0.4, -0.2) is 36.8 Å². The summed E-state index contributed by atoms with van der Waals surface area (Å²) in [5.74, 6) is -0.0886. The SMILES string of the molecule is CCCCCCc1sc(-c2c3c[c]([Sn]([CH3])([CH3])[CH3])sc3c(-c3cc(F)c(CCCCCC)s3)c3c[c]([Sn]([CH3])([CH3])[CH3])sc23)cc1F. The summed E-state index contributed by atoms with van der Waals surface area (Å²) in [5.41, 5.74) is 2.45. The summed E-state index contributed by atoms with van der Waals surface area (Å²) in [6.45, 7) is 4.44. The van der Waals surface area contributed by atoms with Gasteiger partial charge in [0.25, 0.3) is 0 Å². The Balaban J connectivity index is 1.76. The van der Waals surface area contributed by atoms with Gasteiger partial charge in [0.1, 0.15) is 0 Å². The van der Waals surface area contributed by atoms with E-state index in [4.69, 9.17) is 0 Å². The Morgan fingerprint density at radius 2 is 0.909 bits per heavy atom. The van der Waals surface area contributed by atoms with Crippen molar-refractivity contribution in [1.29, 1.82) is 0 Å². The van der Waals surface area contributed by atoms with Crippen LogP contribution in [0.1, 0.15) is 75.0 Å². The van der Waals surface area contributed by atoms with Crippen molar-refractivity contribution >= 4 is 108 Å². The number of unbranched alkanes of at least 4 members (excludes halogenated alkanes) is 6. The van der Waals surface area contributed by atoms with Crippen LogP contribution in [0.15, 0.2) is 24.3 Å². The first-order chi connectivity index (χ1) is 20.8. The molecule has 0 aliphatic rings. The number of benzene rings is 1. The number of hydrogen-bond donors (Lipinski definition) is 0. The third kappa shape index (κ3) is 7.66. The molecule has 0 atom stereocenters. The van der Waals surface area contributed by atoms with Crippen molar-refractivity contribution in [3.8, 4) is 20.9 Å². The van der Waals surface area contributed by atoms with Gasteiger partial charge in [-0.25, -0.2) is 0 Å². The maximum absolute atomic E-state index is 15.5. The molecule has 0 N–H and O–H groups in total. The van der Waals surface area contributed by atoms with Crippen molar-refractivity contribution < 1.29 is 8.78 Å². The molecular formula is C36H48F2S4Sn2. The third-order valence-corrected chi connectivity index (χ3v) is 32.0. The molecule has 5 aromatic rings. The van der Waals surface area contributed by atoms with Crippen molar-refractivity contribution in [3.63, 3.8) is 0 Å². The number of thiophene rings is 4. The van der Waals surface area contributed by atoms with Crippen LogP contribution in [0.3, 0.4) is 0 Å². The summed E-state index contributed by atoms with van der Waals surface area (Å²) in [6, 6.07) is 8.57. The van der Waals surface area contributed by atoms with E-state index in [0.717, 1.165) is 58.0 Å². The zero-order valence-electron chi connectivity index (χ0n) is 27.8. The van der Waals surface area contributed by atoms with Gasteiger partial charge in [0.05, 0.1) is 0 Å². The minimum atomic E-state index is -2.46. The molecule has 238 valence electrons. The van der Waals surface area contributed by atoms with E-state index in [0.29, 0.717) is 0 Å². The van der Waals surface area contributed by atoms with Crippen molar-refractivity contribution in [3.05, 3.63) is 45.7 Å². The summed E-state index contributed by atoms with van der Waals surface area (Å²) in [7, 11) is 0. The normalized spacial score (nSPS) is 12.8. The monoisotopic (exact) mass is 886 g/mol. The van der Waals surface area contributed by atoms with E-state index in [-0.39, 0.29) is 11.6 Å².